The van der Waals surface area contributed by atoms with Crippen molar-refractivity contribution in [2.24, 2.45) is 0 Å². The van der Waals surface area contributed by atoms with Crippen LogP contribution in [0.1, 0.15) is 47.2 Å². The average molecular weight is 353 g/mol. The molecule has 0 aliphatic carbocycles. The monoisotopic (exact) mass is 353 g/mol. The van der Waals surface area contributed by atoms with E-state index in [4.69, 9.17) is 8.94 Å². The predicted octanol–water partition coefficient (Wildman–Crippen LogP) is 3.48. The lowest BCUT2D eigenvalue weighted by Crippen LogP contribution is -2.33. The van der Waals surface area contributed by atoms with E-state index < -0.39 is 0 Å². The third-order valence-electron chi connectivity index (χ3n) is 5.33. The minimum Gasteiger partial charge on any atom is -0.423 e. The fraction of sp³-hybridized carbons (Fsp3) is 0.450. The summed E-state index contributed by atoms with van der Waals surface area (Å²) in [4.78, 5) is 18.7. The molecule has 3 heterocycles. The number of benzene rings is 1. The van der Waals surface area contributed by atoms with Gasteiger partial charge in [0.1, 0.15) is 5.58 Å². The minimum atomic E-state index is -0.284. The van der Waals surface area contributed by atoms with Gasteiger partial charge in [0.2, 0.25) is 5.89 Å². The van der Waals surface area contributed by atoms with Gasteiger partial charge in [-0.05, 0) is 68.6 Å². The summed E-state index contributed by atoms with van der Waals surface area (Å²) in [6.45, 7) is 8.59. The van der Waals surface area contributed by atoms with E-state index in [1.165, 1.54) is 5.56 Å². The van der Waals surface area contributed by atoms with Gasteiger partial charge in [0.25, 0.3) is 0 Å². The highest BCUT2D eigenvalue weighted by molar-refractivity contribution is 5.81. The van der Waals surface area contributed by atoms with E-state index in [1.54, 1.807) is 6.07 Å². The Hall–Kier alpha value is -2.47. The summed E-state index contributed by atoms with van der Waals surface area (Å²) in [6.07, 6.45) is 1.99. The lowest BCUT2D eigenvalue weighted by Gasteiger charge is -2.30. The highest BCUT2D eigenvalue weighted by Gasteiger charge is 2.24. The number of fused-ring (bicyclic) bond motifs is 1. The van der Waals surface area contributed by atoms with Crippen LogP contribution in [0.2, 0.25) is 0 Å². The van der Waals surface area contributed by atoms with E-state index in [-0.39, 0.29) is 5.63 Å². The standard InChI is InChI=1S/C20H23N3O3/c1-12-8-17-16(10-19(24)25-18(17)9-13(12)2)11-23-6-4-15(5-7-23)20-21-14(3)26-22-20/h8-10,15H,4-7,11H2,1-3H3. The van der Waals surface area contributed by atoms with Gasteiger partial charge in [0.05, 0.1) is 0 Å². The van der Waals surface area contributed by atoms with E-state index in [0.29, 0.717) is 17.4 Å². The van der Waals surface area contributed by atoms with Crippen molar-refractivity contribution in [2.45, 2.75) is 46.1 Å². The van der Waals surface area contributed by atoms with Crippen LogP contribution in [0.25, 0.3) is 11.0 Å². The zero-order valence-corrected chi connectivity index (χ0v) is 15.4. The normalized spacial score (nSPS) is 16.4. The largest absolute Gasteiger partial charge is 0.423 e. The Kier molecular flexibility index (Phi) is 4.36. The van der Waals surface area contributed by atoms with Crippen molar-refractivity contribution in [3.63, 3.8) is 0 Å². The second-order valence-corrected chi connectivity index (χ2v) is 7.25. The van der Waals surface area contributed by atoms with Crippen molar-refractivity contribution in [3.8, 4) is 0 Å². The number of hydrogen-bond acceptors (Lipinski definition) is 6. The van der Waals surface area contributed by atoms with Gasteiger partial charge < -0.3 is 8.94 Å². The van der Waals surface area contributed by atoms with Crippen molar-refractivity contribution in [3.05, 3.63) is 57.0 Å². The van der Waals surface area contributed by atoms with Crippen LogP contribution in [0, 0.1) is 20.8 Å². The van der Waals surface area contributed by atoms with Crippen molar-refractivity contribution in [2.75, 3.05) is 13.1 Å². The third-order valence-corrected chi connectivity index (χ3v) is 5.33. The fourth-order valence-corrected chi connectivity index (χ4v) is 3.68. The van der Waals surface area contributed by atoms with E-state index >= 15 is 0 Å². The number of nitrogens with zero attached hydrogens (tertiary/aromatic N) is 3. The second kappa shape index (κ2) is 6.68. The van der Waals surface area contributed by atoms with Gasteiger partial charge in [-0.15, -0.1) is 0 Å². The van der Waals surface area contributed by atoms with Gasteiger partial charge in [-0.3, -0.25) is 4.90 Å². The molecular weight excluding hydrogens is 330 g/mol. The molecule has 4 rings (SSSR count). The summed E-state index contributed by atoms with van der Waals surface area (Å²) in [5.41, 5.74) is 3.77. The molecule has 1 aliphatic rings. The molecular formula is C20H23N3O3. The number of aromatic nitrogens is 2. The lowest BCUT2D eigenvalue weighted by atomic mass is 9.95. The molecule has 136 valence electrons. The van der Waals surface area contributed by atoms with Crippen LogP contribution < -0.4 is 5.63 Å². The first-order valence-electron chi connectivity index (χ1n) is 9.06. The first-order valence-corrected chi connectivity index (χ1v) is 9.06. The molecule has 3 aromatic rings. The van der Waals surface area contributed by atoms with Crippen LogP contribution in [0.4, 0.5) is 0 Å². The highest BCUT2D eigenvalue weighted by Crippen LogP contribution is 2.28. The van der Waals surface area contributed by atoms with Crippen LogP contribution in [0.5, 0.6) is 0 Å². The summed E-state index contributed by atoms with van der Waals surface area (Å²) in [7, 11) is 0. The third kappa shape index (κ3) is 3.29. The molecule has 0 atom stereocenters. The molecule has 0 N–H and O–H groups in total. The van der Waals surface area contributed by atoms with Crippen LogP contribution in [0.15, 0.2) is 31.9 Å². The van der Waals surface area contributed by atoms with E-state index in [1.807, 2.05) is 19.9 Å². The van der Waals surface area contributed by atoms with E-state index in [2.05, 4.69) is 28.0 Å². The molecule has 2 aromatic heterocycles. The molecule has 6 nitrogen and oxygen atoms in total. The molecule has 0 spiro atoms. The number of aryl methyl sites for hydroxylation is 3. The van der Waals surface area contributed by atoms with E-state index in [9.17, 15) is 4.79 Å². The second-order valence-electron chi connectivity index (χ2n) is 7.25. The lowest BCUT2D eigenvalue weighted by molar-refractivity contribution is 0.200. The Bertz CT molecular complexity index is 997. The first kappa shape index (κ1) is 17.0. The minimum absolute atomic E-state index is 0.284. The van der Waals surface area contributed by atoms with Gasteiger partial charge in [0, 0.05) is 30.8 Å². The molecule has 0 bridgehead atoms. The van der Waals surface area contributed by atoms with Crippen LogP contribution >= 0.6 is 0 Å². The van der Waals surface area contributed by atoms with Gasteiger partial charge in [-0.25, -0.2) is 4.79 Å². The molecule has 1 aromatic carbocycles. The number of piperidine rings is 1. The van der Waals surface area contributed by atoms with Crippen molar-refractivity contribution >= 4 is 11.0 Å². The smallest absolute Gasteiger partial charge is 0.336 e. The summed E-state index contributed by atoms with van der Waals surface area (Å²) in [5, 5.41) is 5.09. The van der Waals surface area contributed by atoms with Gasteiger partial charge in [-0.1, -0.05) is 5.16 Å². The van der Waals surface area contributed by atoms with Crippen molar-refractivity contribution in [1.29, 1.82) is 0 Å². The predicted molar refractivity (Wildman–Crippen MR) is 98.2 cm³/mol. The maximum absolute atomic E-state index is 12.0. The summed E-state index contributed by atoms with van der Waals surface area (Å²) < 4.78 is 10.5. The molecule has 6 heteroatoms. The number of hydrogen-bond donors (Lipinski definition) is 0. The maximum Gasteiger partial charge on any atom is 0.336 e. The Morgan fingerprint density at radius 2 is 1.85 bits per heavy atom. The molecule has 0 radical (unpaired) electrons. The molecule has 1 fully saturated rings. The molecule has 0 saturated carbocycles. The molecule has 1 aliphatic heterocycles. The zero-order chi connectivity index (χ0) is 18.3. The SMILES string of the molecule is Cc1nc(C2CCN(Cc3cc(=O)oc4cc(C)c(C)cc34)CC2)no1. The summed E-state index contributed by atoms with van der Waals surface area (Å²) in [5.74, 6) is 1.79. The van der Waals surface area contributed by atoms with Crippen LogP contribution in [0.3, 0.4) is 0 Å². The molecule has 0 unspecified atom stereocenters. The Labute approximate surface area is 151 Å². The topological polar surface area (TPSA) is 72.4 Å². The molecule has 26 heavy (non-hydrogen) atoms. The number of rotatable bonds is 3. The molecule has 0 amide bonds. The quantitative estimate of drug-likeness (QED) is 0.671. The van der Waals surface area contributed by atoms with Gasteiger partial charge in [-0.2, -0.15) is 4.98 Å². The van der Waals surface area contributed by atoms with Crippen LogP contribution in [-0.2, 0) is 6.54 Å². The Morgan fingerprint density at radius 3 is 2.54 bits per heavy atom. The Balaban J connectivity index is 1.53. The zero-order valence-electron chi connectivity index (χ0n) is 15.4. The van der Waals surface area contributed by atoms with Crippen molar-refractivity contribution in [1.82, 2.24) is 15.0 Å². The van der Waals surface area contributed by atoms with Crippen molar-refractivity contribution < 1.29 is 8.94 Å². The fourth-order valence-electron chi connectivity index (χ4n) is 3.68. The summed E-state index contributed by atoms with van der Waals surface area (Å²) in [6, 6.07) is 5.71. The number of likely N-dealkylation sites (tertiary alicyclic amines) is 1. The Morgan fingerprint density at radius 1 is 1.12 bits per heavy atom. The van der Waals surface area contributed by atoms with E-state index in [0.717, 1.165) is 54.8 Å². The van der Waals surface area contributed by atoms with Gasteiger partial charge >= 0.3 is 5.63 Å². The first-order chi connectivity index (χ1) is 12.5. The average Bonchev–Trinajstić information content (AvgIpc) is 3.04. The summed E-state index contributed by atoms with van der Waals surface area (Å²) >= 11 is 0. The van der Waals surface area contributed by atoms with Gasteiger partial charge in [0.15, 0.2) is 5.82 Å². The maximum atomic E-state index is 12.0. The van der Waals surface area contributed by atoms with Crippen LogP contribution in [-0.4, -0.2) is 28.1 Å². The highest BCUT2D eigenvalue weighted by atomic mass is 16.5. The molecule has 1 saturated heterocycles.